The van der Waals surface area contributed by atoms with E-state index in [1.54, 1.807) is 54.6 Å². The van der Waals surface area contributed by atoms with Crippen LogP contribution in [0.25, 0.3) is 0 Å². The Balaban J connectivity index is 1.70. The lowest BCUT2D eigenvalue weighted by molar-refractivity contribution is -0.122. The number of benzene rings is 3. The molecule has 164 valence electrons. The number of hydrogen-bond donors (Lipinski definition) is 2. The van der Waals surface area contributed by atoms with E-state index in [0.29, 0.717) is 17.0 Å². The maximum atomic E-state index is 12.7. The molecule has 2 N–H and O–H groups in total. The van der Waals surface area contributed by atoms with E-state index in [-0.39, 0.29) is 16.3 Å². The fraction of sp³-hybridized carbons (Fsp3) is 0.130. The minimum atomic E-state index is -3.88. The number of carbonyl (C=O) groups is 1. The van der Waals surface area contributed by atoms with Crippen LogP contribution >= 0.6 is 0 Å². The van der Waals surface area contributed by atoms with Crippen molar-refractivity contribution in [3.8, 4) is 17.6 Å². The predicted octanol–water partition coefficient (Wildman–Crippen LogP) is 3.77. The van der Waals surface area contributed by atoms with Gasteiger partial charge in [-0.2, -0.15) is 5.26 Å². The fourth-order valence-corrected chi connectivity index (χ4v) is 3.87. The Kier molecular flexibility index (Phi) is 6.97. The van der Waals surface area contributed by atoms with Gasteiger partial charge in [0.15, 0.2) is 6.10 Å². The first-order valence-electron chi connectivity index (χ1n) is 9.56. The molecule has 1 amide bonds. The molecule has 0 aliphatic carbocycles. The monoisotopic (exact) mass is 451 g/mol. The average molecular weight is 452 g/mol. The third-order valence-corrected chi connectivity index (χ3v) is 5.81. The third-order valence-electron chi connectivity index (χ3n) is 4.43. The molecule has 0 spiro atoms. The summed E-state index contributed by atoms with van der Waals surface area (Å²) in [7, 11) is -2.36. The van der Waals surface area contributed by atoms with Crippen molar-refractivity contribution in [1.29, 1.82) is 5.26 Å². The zero-order chi connectivity index (χ0) is 23.1. The van der Waals surface area contributed by atoms with Gasteiger partial charge in [0.1, 0.15) is 17.6 Å². The van der Waals surface area contributed by atoms with E-state index in [1.807, 2.05) is 6.07 Å². The van der Waals surface area contributed by atoms with Crippen molar-refractivity contribution in [2.24, 2.45) is 0 Å². The SMILES string of the molecule is COc1ccc(NS(=O)(=O)c2cccc(NC(=O)C(C)Oc3ccccc3C#N)c2)cc1. The number of nitrogens with one attached hydrogen (secondary N) is 2. The third kappa shape index (κ3) is 5.56. The van der Waals surface area contributed by atoms with Gasteiger partial charge in [0.25, 0.3) is 15.9 Å². The first kappa shape index (κ1) is 22.7. The van der Waals surface area contributed by atoms with Crippen molar-refractivity contribution < 1.29 is 22.7 Å². The second-order valence-corrected chi connectivity index (χ2v) is 8.40. The van der Waals surface area contributed by atoms with Gasteiger partial charge >= 0.3 is 0 Å². The van der Waals surface area contributed by atoms with E-state index >= 15 is 0 Å². The first-order valence-corrected chi connectivity index (χ1v) is 11.0. The van der Waals surface area contributed by atoms with Gasteiger partial charge in [0.2, 0.25) is 0 Å². The van der Waals surface area contributed by atoms with E-state index in [0.717, 1.165) is 0 Å². The van der Waals surface area contributed by atoms with Crippen molar-refractivity contribution in [2.75, 3.05) is 17.1 Å². The minimum absolute atomic E-state index is 0.0190. The van der Waals surface area contributed by atoms with Crippen molar-refractivity contribution in [3.05, 3.63) is 78.4 Å². The molecule has 1 atom stereocenters. The van der Waals surface area contributed by atoms with Gasteiger partial charge in [-0.05, 0) is 61.5 Å². The number of amides is 1. The van der Waals surface area contributed by atoms with Crippen LogP contribution in [-0.4, -0.2) is 27.5 Å². The molecule has 8 nitrogen and oxygen atoms in total. The number of methoxy groups -OCH3 is 1. The molecule has 0 radical (unpaired) electrons. The Bertz CT molecular complexity index is 1250. The molecule has 0 fully saturated rings. The van der Waals surface area contributed by atoms with Crippen LogP contribution < -0.4 is 19.5 Å². The number of nitriles is 1. The lowest BCUT2D eigenvalue weighted by atomic mass is 10.2. The molecule has 0 saturated heterocycles. The molecule has 3 rings (SSSR count). The maximum Gasteiger partial charge on any atom is 0.265 e. The fourth-order valence-electron chi connectivity index (χ4n) is 2.76. The van der Waals surface area contributed by atoms with Crippen LogP contribution in [0.2, 0.25) is 0 Å². The van der Waals surface area contributed by atoms with Gasteiger partial charge in [-0.1, -0.05) is 18.2 Å². The van der Waals surface area contributed by atoms with Gasteiger partial charge in [0, 0.05) is 11.4 Å². The summed E-state index contributed by atoms with van der Waals surface area (Å²) in [6, 6.07) is 20.9. The molecule has 9 heteroatoms. The molecule has 0 aliphatic rings. The largest absolute Gasteiger partial charge is 0.497 e. The predicted molar refractivity (Wildman–Crippen MR) is 120 cm³/mol. The summed E-state index contributed by atoms with van der Waals surface area (Å²) in [4.78, 5) is 12.5. The molecule has 0 bridgehead atoms. The Morgan fingerprint density at radius 1 is 1.00 bits per heavy atom. The minimum Gasteiger partial charge on any atom is -0.497 e. The normalized spacial score (nSPS) is 11.7. The van der Waals surface area contributed by atoms with Crippen LogP contribution in [0.15, 0.2) is 77.7 Å². The molecule has 0 aromatic heterocycles. The highest BCUT2D eigenvalue weighted by atomic mass is 32.2. The van der Waals surface area contributed by atoms with E-state index in [9.17, 15) is 13.2 Å². The van der Waals surface area contributed by atoms with Gasteiger partial charge < -0.3 is 14.8 Å². The summed E-state index contributed by atoms with van der Waals surface area (Å²) < 4.78 is 38.6. The smallest absolute Gasteiger partial charge is 0.265 e. The highest BCUT2D eigenvalue weighted by Crippen LogP contribution is 2.22. The van der Waals surface area contributed by atoms with Crippen LogP contribution in [0.4, 0.5) is 11.4 Å². The number of sulfonamides is 1. The van der Waals surface area contributed by atoms with Crippen molar-refractivity contribution in [2.45, 2.75) is 17.9 Å². The standard InChI is InChI=1S/C23H21N3O5S/c1-16(31-22-9-4-3-6-17(22)15-24)23(27)25-19-7-5-8-21(14-19)32(28,29)26-18-10-12-20(30-2)13-11-18/h3-14,16,26H,1-2H3,(H,25,27). The van der Waals surface area contributed by atoms with Crippen molar-refractivity contribution in [3.63, 3.8) is 0 Å². The van der Waals surface area contributed by atoms with Gasteiger partial charge in [0.05, 0.1) is 17.6 Å². The second kappa shape index (κ2) is 9.85. The van der Waals surface area contributed by atoms with Crippen LogP contribution in [0.1, 0.15) is 12.5 Å². The summed E-state index contributed by atoms with van der Waals surface area (Å²) in [5.41, 5.74) is 0.972. The quantitative estimate of drug-likeness (QED) is 0.538. The van der Waals surface area contributed by atoms with E-state index in [4.69, 9.17) is 14.7 Å². The zero-order valence-electron chi connectivity index (χ0n) is 17.4. The number of ether oxygens (including phenoxy) is 2. The van der Waals surface area contributed by atoms with Crippen LogP contribution in [0.3, 0.4) is 0 Å². The molecule has 3 aromatic rings. The lowest BCUT2D eigenvalue weighted by Crippen LogP contribution is -2.30. The topological polar surface area (TPSA) is 118 Å². The van der Waals surface area contributed by atoms with Crippen LogP contribution in [-0.2, 0) is 14.8 Å². The summed E-state index contributed by atoms with van der Waals surface area (Å²) in [5, 5.41) is 11.8. The molecular weight excluding hydrogens is 430 g/mol. The molecule has 0 saturated carbocycles. The second-order valence-electron chi connectivity index (χ2n) is 6.72. The van der Waals surface area contributed by atoms with Gasteiger partial charge in [-0.25, -0.2) is 8.42 Å². The summed E-state index contributed by atoms with van der Waals surface area (Å²) in [5.74, 6) is 0.402. The van der Waals surface area contributed by atoms with E-state index < -0.39 is 22.0 Å². The maximum absolute atomic E-state index is 12.7. The molecule has 32 heavy (non-hydrogen) atoms. The summed E-state index contributed by atoms with van der Waals surface area (Å²) in [6.45, 7) is 1.54. The van der Waals surface area contributed by atoms with E-state index in [2.05, 4.69) is 10.0 Å². The molecule has 1 unspecified atom stereocenters. The number of anilines is 2. The Morgan fingerprint density at radius 2 is 1.72 bits per heavy atom. The molecule has 0 aliphatic heterocycles. The highest BCUT2D eigenvalue weighted by molar-refractivity contribution is 7.92. The zero-order valence-corrected chi connectivity index (χ0v) is 18.2. The molecular formula is C23H21N3O5S. The van der Waals surface area contributed by atoms with Crippen LogP contribution in [0, 0.1) is 11.3 Å². The Morgan fingerprint density at radius 3 is 2.41 bits per heavy atom. The van der Waals surface area contributed by atoms with Crippen LogP contribution in [0.5, 0.6) is 11.5 Å². The number of nitrogens with zero attached hydrogens (tertiary/aromatic N) is 1. The number of hydrogen-bond acceptors (Lipinski definition) is 6. The van der Waals surface area contributed by atoms with Crippen molar-refractivity contribution >= 4 is 27.3 Å². The number of carbonyl (C=O) groups excluding carboxylic acids is 1. The van der Waals surface area contributed by atoms with E-state index in [1.165, 1.54) is 32.2 Å². The summed E-state index contributed by atoms with van der Waals surface area (Å²) in [6.07, 6.45) is -0.915. The first-order chi connectivity index (χ1) is 15.3. The molecule has 3 aromatic carbocycles. The van der Waals surface area contributed by atoms with Crippen molar-refractivity contribution in [1.82, 2.24) is 0 Å². The lowest BCUT2D eigenvalue weighted by Gasteiger charge is -2.16. The summed E-state index contributed by atoms with van der Waals surface area (Å²) >= 11 is 0. The van der Waals surface area contributed by atoms with Gasteiger partial charge in [-0.15, -0.1) is 0 Å². The Labute approximate surface area is 186 Å². The highest BCUT2D eigenvalue weighted by Gasteiger charge is 2.19. The Hall–Kier alpha value is -4.03. The number of para-hydroxylation sites is 1. The molecule has 0 heterocycles. The average Bonchev–Trinajstić information content (AvgIpc) is 2.80. The van der Waals surface area contributed by atoms with Gasteiger partial charge in [-0.3, -0.25) is 9.52 Å². The number of rotatable bonds is 8.